The van der Waals surface area contributed by atoms with E-state index in [1.165, 1.54) is 58.2 Å². The summed E-state index contributed by atoms with van der Waals surface area (Å²) >= 11 is 0. The predicted octanol–water partition coefficient (Wildman–Crippen LogP) is 1.79. The molecule has 2 fully saturated rings. The third-order valence-corrected chi connectivity index (χ3v) is 4.89. The molecule has 1 aliphatic carbocycles. The van der Waals surface area contributed by atoms with E-state index in [4.69, 9.17) is 0 Å². The average Bonchev–Trinajstić information content (AvgIpc) is 2.94. The number of hydrogen-bond donors (Lipinski definition) is 1. The number of nitrogens with one attached hydrogen (secondary N) is 1. The number of hydrogen-bond acceptors (Lipinski definition) is 3. The molecule has 1 saturated carbocycles. The van der Waals surface area contributed by atoms with Crippen molar-refractivity contribution in [1.82, 2.24) is 15.1 Å². The lowest BCUT2D eigenvalue weighted by atomic mass is 9.99. The first-order chi connectivity index (χ1) is 8.70. The van der Waals surface area contributed by atoms with Gasteiger partial charge in [0.1, 0.15) is 0 Å². The van der Waals surface area contributed by atoms with E-state index >= 15 is 0 Å². The number of likely N-dealkylation sites (tertiary alicyclic amines) is 1. The molecule has 1 heterocycles. The maximum Gasteiger partial charge on any atom is 0.0223 e. The SMILES string of the molecule is CNC1CCCC1CCN1CCCC1CN(C)C. The zero-order valence-electron chi connectivity index (χ0n) is 12.5. The summed E-state index contributed by atoms with van der Waals surface area (Å²) < 4.78 is 0. The van der Waals surface area contributed by atoms with Gasteiger partial charge in [0.15, 0.2) is 0 Å². The molecule has 1 aliphatic heterocycles. The summed E-state index contributed by atoms with van der Waals surface area (Å²) in [6, 6.07) is 1.61. The largest absolute Gasteiger partial charge is 0.317 e. The third kappa shape index (κ3) is 3.69. The highest BCUT2D eigenvalue weighted by molar-refractivity contribution is 4.85. The summed E-state index contributed by atoms with van der Waals surface area (Å²) in [5.41, 5.74) is 0. The lowest BCUT2D eigenvalue weighted by Gasteiger charge is -2.29. The molecule has 2 aliphatic rings. The van der Waals surface area contributed by atoms with E-state index in [0.717, 1.165) is 18.0 Å². The summed E-state index contributed by atoms with van der Waals surface area (Å²) in [6.07, 6.45) is 8.46. The van der Waals surface area contributed by atoms with Crippen LogP contribution in [0.3, 0.4) is 0 Å². The maximum atomic E-state index is 3.51. The molecule has 0 radical (unpaired) electrons. The van der Waals surface area contributed by atoms with E-state index in [-0.39, 0.29) is 0 Å². The van der Waals surface area contributed by atoms with Gasteiger partial charge >= 0.3 is 0 Å². The quantitative estimate of drug-likeness (QED) is 0.778. The van der Waals surface area contributed by atoms with Crippen molar-refractivity contribution in [1.29, 1.82) is 0 Å². The smallest absolute Gasteiger partial charge is 0.0223 e. The number of nitrogens with zero attached hydrogens (tertiary/aromatic N) is 2. The highest BCUT2D eigenvalue weighted by Crippen LogP contribution is 2.29. The van der Waals surface area contributed by atoms with Crippen LogP contribution in [0.25, 0.3) is 0 Å². The van der Waals surface area contributed by atoms with Gasteiger partial charge in [-0.15, -0.1) is 0 Å². The fourth-order valence-corrected chi connectivity index (χ4v) is 3.91. The Labute approximate surface area is 113 Å². The van der Waals surface area contributed by atoms with Crippen molar-refractivity contribution in [3.05, 3.63) is 0 Å². The van der Waals surface area contributed by atoms with Crippen LogP contribution in [0.15, 0.2) is 0 Å². The lowest BCUT2D eigenvalue weighted by molar-refractivity contribution is 0.192. The highest BCUT2D eigenvalue weighted by atomic mass is 15.2. The van der Waals surface area contributed by atoms with E-state index in [1.54, 1.807) is 0 Å². The molecule has 0 amide bonds. The molecule has 1 saturated heterocycles. The summed E-state index contributed by atoms with van der Waals surface area (Å²) in [7, 11) is 6.53. The van der Waals surface area contributed by atoms with Gasteiger partial charge in [-0.1, -0.05) is 6.42 Å². The second-order valence-electron chi connectivity index (χ2n) is 6.47. The van der Waals surface area contributed by atoms with Gasteiger partial charge in [-0.3, -0.25) is 4.90 Å². The van der Waals surface area contributed by atoms with Gasteiger partial charge in [-0.05, 0) is 72.3 Å². The fraction of sp³-hybridized carbons (Fsp3) is 1.00. The highest BCUT2D eigenvalue weighted by Gasteiger charge is 2.29. The number of rotatable bonds is 6. The first kappa shape index (κ1) is 14.3. The second-order valence-corrected chi connectivity index (χ2v) is 6.47. The van der Waals surface area contributed by atoms with E-state index in [9.17, 15) is 0 Å². The minimum absolute atomic E-state index is 0.792. The van der Waals surface area contributed by atoms with Crippen molar-refractivity contribution in [3.8, 4) is 0 Å². The molecule has 1 N–H and O–H groups in total. The molecule has 18 heavy (non-hydrogen) atoms. The van der Waals surface area contributed by atoms with E-state index in [0.29, 0.717) is 0 Å². The molecule has 3 unspecified atom stereocenters. The summed E-state index contributed by atoms with van der Waals surface area (Å²) in [6.45, 7) is 3.89. The maximum absolute atomic E-state index is 3.51. The van der Waals surface area contributed by atoms with E-state index in [1.807, 2.05) is 0 Å². The van der Waals surface area contributed by atoms with Crippen molar-refractivity contribution in [2.24, 2.45) is 5.92 Å². The molecule has 3 nitrogen and oxygen atoms in total. The Morgan fingerprint density at radius 1 is 1.17 bits per heavy atom. The predicted molar refractivity (Wildman–Crippen MR) is 78.0 cm³/mol. The van der Waals surface area contributed by atoms with Crippen molar-refractivity contribution < 1.29 is 0 Å². The Balaban J connectivity index is 1.75. The third-order valence-electron chi connectivity index (χ3n) is 4.89. The molecule has 0 bridgehead atoms. The molecule has 3 atom stereocenters. The first-order valence-electron chi connectivity index (χ1n) is 7.76. The number of likely N-dealkylation sites (N-methyl/N-ethyl adjacent to an activating group) is 1. The summed E-state index contributed by atoms with van der Waals surface area (Å²) in [5.74, 6) is 0.926. The molecular formula is C15H31N3. The molecule has 0 aromatic rings. The zero-order valence-corrected chi connectivity index (χ0v) is 12.5. The van der Waals surface area contributed by atoms with Gasteiger partial charge in [0, 0.05) is 18.6 Å². The molecule has 2 rings (SSSR count). The van der Waals surface area contributed by atoms with Crippen molar-refractivity contribution in [2.45, 2.75) is 50.6 Å². The lowest BCUT2D eigenvalue weighted by Crippen LogP contribution is -2.39. The van der Waals surface area contributed by atoms with Crippen LogP contribution in [0.5, 0.6) is 0 Å². The van der Waals surface area contributed by atoms with Crippen LogP contribution < -0.4 is 5.32 Å². The van der Waals surface area contributed by atoms with Gasteiger partial charge in [0.05, 0.1) is 0 Å². The van der Waals surface area contributed by atoms with Crippen LogP contribution in [0.2, 0.25) is 0 Å². The van der Waals surface area contributed by atoms with E-state index in [2.05, 4.69) is 36.3 Å². The van der Waals surface area contributed by atoms with Gasteiger partial charge < -0.3 is 10.2 Å². The zero-order chi connectivity index (χ0) is 13.0. The molecule has 0 aromatic carbocycles. The van der Waals surface area contributed by atoms with Crippen LogP contribution in [0.1, 0.15) is 38.5 Å². The van der Waals surface area contributed by atoms with Gasteiger partial charge in [0.2, 0.25) is 0 Å². The molecule has 3 heteroatoms. The van der Waals surface area contributed by atoms with Gasteiger partial charge in [0.25, 0.3) is 0 Å². The van der Waals surface area contributed by atoms with Crippen LogP contribution in [0, 0.1) is 5.92 Å². The minimum Gasteiger partial charge on any atom is -0.317 e. The average molecular weight is 253 g/mol. The fourth-order valence-electron chi connectivity index (χ4n) is 3.91. The molecule has 0 aromatic heterocycles. The van der Waals surface area contributed by atoms with Crippen molar-refractivity contribution in [2.75, 3.05) is 40.8 Å². The Hall–Kier alpha value is -0.120. The second kappa shape index (κ2) is 6.88. The summed E-state index contributed by atoms with van der Waals surface area (Å²) in [4.78, 5) is 5.08. The van der Waals surface area contributed by atoms with Crippen LogP contribution in [0.4, 0.5) is 0 Å². The molecular weight excluding hydrogens is 222 g/mol. The Morgan fingerprint density at radius 2 is 2.00 bits per heavy atom. The summed E-state index contributed by atoms with van der Waals surface area (Å²) in [5, 5.41) is 3.51. The molecule has 0 spiro atoms. The monoisotopic (exact) mass is 253 g/mol. The molecule has 106 valence electrons. The Kier molecular flexibility index (Phi) is 5.46. The van der Waals surface area contributed by atoms with E-state index < -0.39 is 0 Å². The van der Waals surface area contributed by atoms with Crippen molar-refractivity contribution in [3.63, 3.8) is 0 Å². The van der Waals surface area contributed by atoms with Crippen LogP contribution >= 0.6 is 0 Å². The van der Waals surface area contributed by atoms with Gasteiger partial charge in [-0.25, -0.2) is 0 Å². The van der Waals surface area contributed by atoms with Gasteiger partial charge in [-0.2, -0.15) is 0 Å². The van der Waals surface area contributed by atoms with Crippen LogP contribution in [-0.4, -0.2) is 62.7 Å². The standard InChI is InChI=1S/C15H31N3/c1-16-15-8-4-6-13(15)9-11-18-10-5-7-14(18)12-17(2)3/h13-16H,4-12H2,1-3H3. The Bertz CT molecular complexity index is 242. The first-order valence-corrected chi connectivity index (χ1v) is 7.76. The van der Waals surface area contributed by atoms with Crippen molar-refractivity contribution >= 4 is 0 Å². The Morgan fingerprint density at radius 3 is 2.72 bits per heavy atom. The van der Waals surface area contributed by atoms with Crippen LogP contribution in [-0.2, 0) is 0 Å². The normalized spacial score (nSPS) is 33.7. The minimum atomic E-state index is 0.792. The topological polar surface area (TPSA) is 18.5 Å².